The van der Waals surface area contributed by atoms with E-state index in [1.807, 2.05) is 38.1 Å². The third kappa shape index (κ3) is 4.07. The van der Waals surface area contributed by atoms with E-state index in [1.54, 1.807) is 0 Å². The molecule has 0 heterocycles. The second-order valence-electron chi connectivity index (χ2n) is 4.01. The number of hydroxylamine groups is 2. The van der Waals surface area contributed by atoms with Gasteiger partial charge in [-0.2, -0.15) is 0 Å². The molecule has 0 aliphatic rings. The summed E-state index contributed by atoms with van der Waals surface area (Å²) in [6.45, 7) is 5.79. The van der Waals surface area contributed by atoms with Crippen LogP contribution in [0.15, 0.2) is 24.3 Å². The van der Waals surface area contributed by atoms with E-state index < -0.39 is 0 Å². The van der Waals surface area contributed by atoms with Gasteiger partial charge in [-0.15, -0.1) is 0 Å². The molecule has 1 rings (SSSR count). The summed E-state index contributed by atoms with van der Waals surface area (Å²) in [5, 5.41) is 1.29. The first-order valence-electron chi connectivity index (χ1n) is 5.61. The Morgan fingerprint density at radius 2 is 2.00 bits per heavy atom. The van der Waals surface area contributed by atoms with Crippen molar-refractivity contribution in [3.05, 3.63) is 29.8 Å². The van der Waals surface area contributed by atoms with Crippen LogP contribution in [0.4, 0.5) is 0 Å². The molecule has 1 aromatic carbocycles. The number of ether oxygens (including phenoxy) is 1. The summed E-state index contributed by atoms with van der Waals surface area (Å²) in [4.78, 5) is 16.3. The van der Waals surface area contributed by atoms with Crippen molar-refractivity contribution in [1.82, 2.24) is 5.06 Å². The smallest absolute Gasteiger partial charge is 0.243 e. The minimum absolute atomic E-state index is 0.101. The van der Waals surface area contributed by atoms with E-state index in [9.17, 15) is 4.79 Å². The van der Waals surface area contributed by atoms with Crippen LogP contribution < -0.4 is 4.74 Å². The van der Waals surface area contributed by atoms with Crippen molar-refractivity contribution in [1.29, 1.82) is 0 Å². The molecule has 0 saturated heterocycles. The summed E-state index contributed by atoms with van der Waals surface area (Å²) in [7, 11) is 1.48. The van der Waals surface area contributed by atoms with Crippen molar-refractivity contribution in [3.8, 4) is 5.75 Å². The number of rotatable bonds is 5. The highest BCUT2D eigenvalue weighted by atomic mass is 16.7. The largest absolute Gasteiger partial charge is 0.491 e. The lowest BCUT2D eigenvalue weighted by atomic mass is 10.2. The standard InChI is InChI=1S/C13H19NO3/c1-10(2)17-13-8-6-5-7-12(13)9-14(16-4)11(3)15/h5-8,10H,9H2,1-4H3. The van der Waals surface area contributed by atoms with E-state index in [1.165, 1.54) is 19.1 Å². The molecule has 4 heteroatoms. The first kappa shape index (κ1) is 13.5. The lowest BCUT2D eigenvalue weighted by Gasteiger charge is -2.20. The van der Waals surface area contributed by atoms with Gasteiger partial charge in [0, 0.05) is 12.5 Å². The van der Waals surface area contributed by atoms with E-state index in [0.29, 0.717) is 6.54 Å². The van der Waals surface area contributed by atoms with Gasteiger partial charge in [-0.25, -0.2) is 5.06 Å². The Labute approximate surface area is 102 Å². The number of para-hydroxylation sites is 1. The van der Waals surface area contributed by atoms with Crippen molar-refractivity contribution in [2.24, 2.45) is 0 Å². The first-order chi connectivity index (χ1) is 8.04. The summed E-state index contributed by atoms with van der Waals surface area (Å²) < 4.78 is 5.68. The molecule has 0 unspecified atom stereocenters. The van der Waals surface area contributed by atoms with Crippen LogP contribution in [-0.2, 0) is 16.2 Å². The average Bonchev–Trinajstić information content (AvgIpc) is 2.26. The van der Waals surface area contributed by atoms with Crippen LogP contribution in [0.1, 0.15) is 26.3 Å². The Bertz CT molecular complexity index is 377. The van der Waals surface area contributed by atoms with E-state index in [-0.39, 0.29) is 12.0 Å². The maximum absolute atomic E-state index is 11.3. The van der Waals surface area contributed by atoms with Gasteiger partial charge in [0.1, 0.15) is 5.75 Å². The second-order valence-corrected chi connectivity index (χ2v) is 4.01. The van der Waals surface area contributed by atoms with Crippen LogP contribution in [0.25, 0.3) is 0 Å². The maximum Gasteiger partial charge on any atom is 0.243 e. The fraction of sp³-hybridized carbons (Fsp3) is 0.462. The van der Waals surface area contributed by atoms with Gasteiger partial charge in [-0.1, -0.05) is 18.2 Å². The quantitative estimate of drug-likeness (QED) is 0.738. The van der Waals surface area contributed by atoms with Crippen molar-refractivity contribution < 1.29 is 14.4 Å². The molecule has 0 aromatic heterocycles. The number of carbonyl (C=O) groups excluding carboxylic acids is 1. The van der Waals surface area contributed by atoms with E-state index in [2.05, 4.69) is 0 Å². The molecule has 0 aliphatic heterocycles. The molecule has 94 valence electrons. The summed E-state index contributed by atoms with van der Waals surface area (Å²) in [6.07, 6.45) is 0.101. The van der Waals surface area contributed by atoms with Crippen molar-refractivity contribution >= 4 is 5.91 Å². The lowest BCUT2D eigenvalue weighted by molar-refractivity contribution is -0.176. The SMILES string of the molecule is CON(Cc1ccccc1OC(C)C)C(C)=O. The maximum atomic E-state index is 11.3. The molecular formula is C13H19NO3. The topological polar surface area (TPSA) is 38.8 Å². The minimum Gasteiger partial charge on any atom is -0.491 e. The van der Waals surface area contributed by atoms with Crippen LogP contribution in [-0.4, -0.2) is 24.2 Å². The summed E-state index contributed by atoms with van der Waals surface area (Å²) in [6, 6.07) is 7.64. The van der Waals surface area contributed by atoms with Gasteiger partial charge in [0.2, 0.25) is 5.91 Å². The molecule has 0 radical (unpaired) electrons. The number of benzene rings is 1. The Morgan fingerprint density at radius 3 is 2.53 bits per heavy atom. The zero-order valence-corrected chi connectivity index (χ0v) is 10.8. The molecule has 1 aromatic rings. The molecular weight excluding hydrogens is 218 g/mol. The number of carbonyl (C=O) groups is 1. The second kappa shape index (κ2) is 6.25. The summed E-state index contributed by atoms with van der Waals surface area (Å²) >= 11 is 0. The lowest BCUT2D eigenvalue weighted by Crippen LogP contribution is -2.27. The fourth-order valence-corrected chi connectivity index (χ4v) is 1.46. The molecule has 0 saturated carbocycles. The van der Waals surface area contributed by atoms with Gasteiger partial charge < -0.3 is 4.74 Å². The van der Waals surface area contributed by atoms with E-state index in [0.717, 1.165) is 11.3 Å². The monoisotopic (exact) mass is 237 g/mol. The number of hydrogen-bond donors (Lipinski definition) is 0. The highest BCUT2D eigenvalue weighted by Gasteiger charge is 2.12. The summed E-state index contributed by atoms with van der Waals surface area (Å²) in [5.41, 5.74) is 0.929. The molecule has 0 atom stereocenters. The summed E-state index contributed by atoms with van der Waals surface area (Å²) in [5.74, 6) is 0.651. The molecule has 0 bridgehead atoms. The van der Waals surface area contributed by atoms with E-state index >= 15 is 0 Å². The molecule has 0 aliphatic carbocycles. The van der Waals surface area contributed by atoms with Crippen LogP contribution >= 0.6 is 0 Å². The van der Waals surface area contributed by atoms with Crippen molar-refractivity contribution in [3.63, 3.8) is 0 Å². The Kier molecular flexibility index (Phi) is 4.97. The first-order valence-corrected chi connectivity index (χ1v) is 5.61. The third-order valence-electron chi connectivity index (χ3n) is 2.22. The number of nitrogens with zero attached hydrogens (tertiary/aromatic N) is 1. The Balaban J connectivity index is 2.85. The van der Waals surface area contributed by atoms with Crippen LogP contribution in [0.3, 0.4) is 0 Å². The van der Waals surface area contributed by atoms with Gasteiger partial charge in [-0.05, 0) is 19.9 Å². The van der Waals surface area contributed by atoms with Crippen LogP contribution in [0, 0.1) is 0 Å². The Morgan fingerprint density at radius 1 is 1.35 bits per heavy atom. The normalized spacial score (nSPS) is 10.4. The van der Waals surface area contributed by atoms with Gasteiger partial charge in [-0.3, -0.25) is 9.63 Å². The number of amides is 1. The van der Waals surface area contributed by atoms with Crippen molar-refractivity contribution in [2.45, 2.75) is 33.4 Å². The average molecular weight is 237 g/mol. The zero-order valence-electron chi connectivity index (χ0n) is 10.8. The molecule has 1 amide bonds. The zero-order chi connectivity index (χ0) is 12.8. The van der Waals surface area contributed by atoms with Gasteiger partial charge in [0.25, 0.3) is 0 Å². The van der Waals surface area contributed by atoms with Gasteiger partial charge >= 0.3 is 0 Å². The number of hydrogen-bond acceptors (Lipinski definition) is 3. The van der Waals surface area contributed by atoms with Crippen molar-refractivity contribution in [2.75, 3.05) is 7.11 Å². The van der Waals surface area contributed by atoms with E-state index in [4.69, 9.17) is 9.57 Å². The highest BCUT2D eigenvalue weighted by molar-refractivity contribution is 5.72. The predicted octanol–water partition coefficient (Wildman–Crippen LogP) is 2.38. The van der Waals surface area contributed by atoms with Crippen LogP contribution in [0.5, 0.6) is 5.75 Å². The third-order valence-corrected chi connectivity index (χ3v) is 2.22. The predicted molar refractivity (Wildman–Crippen MR) is 65.4 cm³/mol. The highest BCUT2D eigenvalue weighted by Crippen LogP contribution is 2.21. The molecule has 0 fully saturated rings. The molecule has 0 N–H and O–H groups in total. The van der Waals surface area contributed by atoms with Gasteiger partial charge in [0.05, 0.1) is 19.8 Å². The minimum atomic E-state index is -0.133. The van der Waals surface area contributed by atoms with Crippen LogP contribution in [0.2, 0.25) is 0 Å². The molecule has 17 heavy (non-hydrogen) atoms. The fourth-order valence-electron chi connectivity index (χ4n) is 1.46. The molecule has 4 nitrogen and oxygen atoms in total. The van der Waals surface area contributed by atoms with Gasteiger partial charge in [0.15, 0.2) is 0 Å². The Hall–Kier alpha value is -1.55. The molecule has 0 spiro atoms.